The van der Waals surface area contributed by atoms with Crippen LogP contribution in [0.5, 0.6) is 0 Å². The molecule has 19 heavy (non-hydrogen) atoms. The molecular formula is C14H21N3O2. The molecular weight excluding hydrogens is 242 g/mol. The highest BCUT2D eigenvalue weighted by molar-refractivity contribution is 5.93. The van der Waals surface area contributed by atoms with Gasteiger partial charge in [-0.25, -0.2) is 5.48 Å². The molecule has 104 valence electrons. The van der Waals surface area contributed by atoms with Crippen molar-refractivity contribution in [3.05, 3.63) is 29.1 Å². The molecule has 0 atom stereocenters. The quantitative estimate of drug-likeness (QED) is 0.628. The Bertz CT molecular complexity index is 480. The van der Waals surface area contributed by atoms with E-state index in [9.17, 15) is 4.79 Å². The van der Waals surface area contributed by atoms with Crippen molar-refractivity contribution in [3.63, 3.8) is 0 Å². The minimum Gasteiger partial charge on any atom is -0.297 e. The van der Waals surface area contributed by atoms with E-state index in [0.717, 1.165) is 37.3 Å². The Balaban J connectivity index is 2.12. The molecule has 1 aromatic rings. The zero-order valence-corrected chi connectivity index (χ0v) is 11.7. The van der Waals surface area contributed by atoms with E-state index >= 15 is 0 Å². The molecule has 0 radical (unpaired) electrons. The first-order chi connectivity index (χ1) is 8.89. The number of hydrogen-bond donors (Lipinski definition) is 2. The van der Waals surface area contributed by atoms with Gasteiger partial charge >= 0.3 is 0 Å². The van der Waals surface area contributed by atoms with Gasteiger partial charge in [0.25, 0.3) is 5.91 Å². The minimum atomic E-state index is -0.507. The predicted molar refractivity (Wildman–Crippen MR) is 71.9 cm³/mol. The third-order valence-electron chi connectivity index (χ3n) is 3.19. The molecule has 2 heterocycles. The molecule has 0 fully saturated rings. The lowest BCUT2D eigenvalue weighted by Crippen LogP contribution is -2.37. The molecule has 2 rings (SSSR count). The van der Waals surface area contributed by atoms with E-state index in [2.05, 4.69) is 30.7 Å². The molecule has 1 aliphatic rings. The first kappa shape index (κ1) is 14.0. The number of aromatic nitrogens is 1. The van der Waals surface area contributed by atoms with Gasteiger partial charge in [-0.05, 0) is 23.5 Å². The zero-order chi connectivity index (χ0) is 14.0. The molecule has 2 N–H and O–H groups in total. The summed E-state index contributed by atoms with van der Waals surface area (Å²) in [6.07, 6.45) is 2.41. The maximum absolute atomic E-state index is 11.3. The van der Waals surface area contributed by atoms with Gasteiger partial charge in [-0.15, -0.1) is 0 Å². The van der Waals surface area contributed by atoms with Crippen molar-refractivity contribution < 1.29 is 10.0 Å². The molecule has 0 aromatic carbocycles. The Morgan fingerprint density at radius 3 is 2.89 bits per heavy atom. The van der Waals surface area contributed by atoms with Crippen LogP contribution in [0.4, 0.5) is 0 Å². The first-order valence-electron chi connectivity index (χ1n) is 6.53. The van der Waals surface area contributed by atoms with Crippen molar-refractivity contribution in [2.75, 3.05) is 13.1 Å². The van der Waals surface area contributed by atoms with Crippen LogP contribution in [0.25, 0.3) is 0 Å². The molecule has 0 aliphatic carbocycles. The van der Waals surface area contributed by atoms with Crippen LogP contribution in [0.1, 0.15) is 42.4 Å². The molecule has 1 aromatic heterocycles. The van der Waals surface area contributed by atoms with Crippen molar-refractivity contribution in [3.8, 4) is 0 Å². The van der Waals surface area contributed by atoms with E-state index in [1.807, 2.05) is 6.07 Å². The fourth-order valence-electron chi connectivity index (χ4n) is 2.46. The van der Waals surface area contributed by atoms with Gasteiger partial charge < -0.3 is 0 Å². The highest BCUT2D eigenvalue weighted by atomic mass is 16.5. The van der Waals surface area contributed by atoms with E-state index in [4.69, 9.17) is 5.21 Å². The minimum absolute atomic E-state index is 0.272. The molecule has 0 spiro atoms. The standard InChI is InChI=1S/C14H21N3O2/c1-14(2,3)9-17-5-4-10-6-11(13(18)16-19)7-15-12(10)8-17/h6-7,19H,4-5,8-9H2,1-3H3,(H,16,18). The van der Waals surface area contributed by atoms with E-state index in [1.54, 1.807) is 5.48 Å². The maximum atomic E-state index is 11.3. The van der Waals surface area contributed by atoms with Crippen molar-refractivity contribution in [1.29, 1.82) is 0 Å². The van der Waals surface area contributed by atoms with Gasteiger partial charge in [0.15, 0.2) is 0 Å². The zero-order valence-electron chi connectivity index (χ0n) is 11.7. The number of carbonyl (C=O) groups excluding carboxylic acids is 1. The van der Waals surface area contributed by atoms with Gasteiger partial charge in [-0.2, -0.15) is 0 Å². The monoisotopic (exact) mass is 263 g/mol. The number of nitrogens with one attached hydrogen (secondary N) is 1. The number of pyridine rings is 1. The molecule has 1 aliphatic heterocycles. The Kier molecular flexibility index (Phi) is 3.87. The summed E-state index contributed by atoms with van der Waals surface area (Å²) in [5.41, 5.74) is 4.45. The van der Waals surface area contributed by atoms with Crippen LogP contribution in [0.15, 0.2) is 12.3 Å². The normalized spacial score (nSPS) is 16.0. The lowest BCUT2D eigenvalue weighted by Gasteiger charge is -2.33. The van der Waals surface area contributed by atoms with Crippen LogP contribution in [0.2, 0.25) is 0 Å². The van der Waals surface area contributed by atoms with Crippen LogP contribution in [-0.4, -0.2) is 34.1 Å². The van der Waals surface area contributed by atoms with Crippen molar-refractivity contribution >= 4 is 5.91 Å². The summed E-state index contributed by atoms with van der Waals surface area (Å²) in [4.78, 5) is 18.1. The Morgan fingerprint density at radius 1 is 1.53 bits per heavy atom. The summed E-state index contributed by atoms with van der Waals surface area (Å²) in [7, 11) is 0. The number of hydrogen-bond acceptors (Lipinski definition) is 4. The second-order valence-corrected chi connectivity index (χ2v) is 6.29. The molecule has 1 amide bonds. The average molecular weight is 263 g/mol. The first-order valence-corrected chi connectivity index (χ1v) is 6.53. The van der Waals surface area contributed by atoms with Crippen molar-refractivity contribution in [1.82, 2.24) is 15.4 Å². The topological polar surface area (TPSA) is 65.5 Å². The lowest BCUT2D eigenvalue weighted by molar-refractivity contribution is 0.0705. The van der Waals surface area contributed by atoms with E-state index in [0.29, 0.717) is 5.56 Å². The van der Waals surface area contributed by atoms with Crippen LogP contribution in [0, 0.1) is 5.41 Å². The van der Waals surface area contributed by atoms with Crippen LogP contribution in [0.3, 0.4) is 0 Å². The summed E-state index contributed by atoms with van der Waals surface area (Å²) in [6.45, 7) is 9.52. The molecule has 0 saturated carbocycles. The van der Waals surface area contributed by atoms with Gasteiger partial charge in [0.1, 0.15) is 0 Å². The Morgan fingerprint density at radius 2 is 2.26 bits per heavy atom. The summed E-state index contributed by atoms with van der Waals surface area (Å²) in [6, 6.07) is 1.82. The third kappa shape index (κ3) is 3.52. The van der Waals surface area contributed by atoms with Crippen LogP contribution >= 0.6 is 0 Å². The van der Waals surface area contributed by atoms with Gasteiger partial charge in [0, 0.05) is 25.8 Å². The second-order valence-electron chi connectivity index (χ2n) is 6.29. The molecule has 0 bridgehead atoms. The van der Waals surface area contributed by atoms with E-state index in [1.165, 1.54) is 6.20 Å². The number of carbonyl (C=O) groups is 1. The molecule has 5 nitrogen and oxygen atoms in total. The molecule has 5 heteroatoms. The van der Waals surface area contributed by atoms with Crippen molar-refractivity contribution in [2.24, 2.45) is 5.41 Å². The van der Waals surface area contributed by atoms with E-state index < -0.39 is 5.91 Å². The van der Waals surface area contributed by atoms with Gasteiger partial charge in [-0.3, -0.25) is 19.9 Å². The van der Waals surface area contributed by atoms with Gasteiger partial charge in [0.2, 0.25) is 0 Å². The molecule has 0 unspecified atom stereocenters. The fraction of sp³-hybridized carbons (Fsp3) is 0.571. The Hall–Kier alpha value is -1.46. The number of amides is 1. The average Bonchev–Trinajstić information content (AvgIpc) is 2.35. The summed E-state index contributed by atoms with van der Waals surface area (Å²) in [5, 5.41) is 8.63. The summed E-state index contributed by atoms with van der Waals surface area (Å²) < 4.78 is 0. The van der Waals surface area contributed by atoms with Crippen LogP contribution < -0.4 is 5.48 Å². The summed E-state index contributed by atoms with van der Waals surface area (Å²) >= 11 is 0. The van der Waals surface area contributed by atoms with Crippen molar-refractivity contribution in [2.45, 2.75) is 33.7 Å². The highest BCUT2D eigenvalue weighted by Gasteiger charge is 2.22. The largest absolute Gasteiger partial charge is 0.297 e. The number of hydroxylamine groups is 1. The smallest absolute Gasteiger partial charge is 0.276 e. The maximum Gasteiger partial charge on any atom is 0.276 e. The molecule has 0 saturated heterocycles. The van der Waals surface area contributed by atoms with Gasteiger partial charge in [-0.1, -0.05) is 20.8 Å². The van der Waals surface area contributed by atoms with E-state index in [-0.39, 0.29) is 5.41 Å². The summed E-state index contributed by atoms with van der Waals surface area (Å²) in [5.74, 6) is -0.507. The number of fused-ring (bicyclic) bond motifs is 1. The number of nitrogens with zero attached hydrogens (tertiary/aromatic N) is 2. The number of rotatable bonds is 2. The lowest BCUT2D eigenvalue weighted by atomic mass is 9.94. The highest BCUT2D eigenvalue weighted by Crippen LogP contribution is 2.22. The third-order valence-corrected chi connectivity index (χ3v) is 3.19. The van der Waals surface area contributed by atoms with Crippen LogP contribution in [-0.2, 0) is 13.0 Å². The predicted octanol–water partition coefficient (Wildman–Crippen LogP) is 1.60. The van der Waals surface area contributed by atoms with Gasteiger partial charge in [0.05, 0.1) is 11.3 Å². The fourth-order valence-corrected chi connectivity index (χ4v) is 2.46. The Labute approximate surface area is 113 Å². The SMILES string of the molecule is CC(C)(C)CN1CCc2cc(C(=O)NO)cnc2C1. The second kappa shape index (κ2) is 5.27.